The third kappa shape index (κ3) is 54.7. The molecule has 0 N–H and O–H groups in total. The molecule has 0 aromatic rings. The summed E-state index contributed by atoms with van der Waals surface area (Å²) >= 11 is 0. The van der Waals surface area contributed by atoms with Crippen LogP contribution in [0.2, 0.25) is 0 Å². The van der Waals surface area contributed by atoms with Crippen LogP contribution in [0.25, 0.3) is 0 Å². The van der Waals surface area contributed by atoms with Crippen LogP contribution in [0.15, 0.2) is 122 Å². The molecule has 0 heterocycles. The van der Waals surface area contributed by atoms with Crippen LogP contribution in [-0.4, -0.2) is 37.2 Å². The molecule has 1 atom stereocenters. The van der Waals surface area contributed by atoms with Gasteiger partial charge in [0.15, 0.2) is 6.10 Å². The normalized spacial score (nSPS) is 13.0. The van der Waals surface area contributed by atoms with E-state index in [2.05, 4.69) is 142 Å². The first kappa shape index (κ1) is 65.8. The van der Waals surface area contributed by atoms with Gasteiger partial charge < -0.3 is 14.2 Å². The van der Waals surface area contributed by atoms with Gasteiger partial charge in [-0.05, 0) is 128 Å². The summed E-state index contributed by atoms with van der Waals surface area (Å²) in [6, 6.07) is 0. The van der Waals surface area contributed by atoms with E-state index in [4.69, 9.17) is 14.2 Å². The number of ether oxygens (including phenoxy) is 3. The number of hydrogen-bond donors (Lipinski definition) is 0. The van der Waals surface area contributed by atoms with Gasteiger partial charge >= 0.3 is 17.9 Å². The lowest BCUT2D eigenvalue weighted by Gasteiger charge is -2.18. The highest BCUT2D eigenvalue weighted by atomic mass is 16.6. The van der Waals surface area contributed by atoms with Gasteiger partial charge in [-0.15, -0.1) is 0 Å². The van der Waals surface area contributed by atoms with Crippen molar-refractivity contribution in [3.8, 4) is 0 Å². The molecule has 1 unspecified atom stereocenters. The van der Waals surface area contributed by atoms with Gasteiger partial charge in [0.25, 0.3) is 0 Å². The molecule has 0 aliphatic heterocycles. The molecule has 6 nitrogen and oxygen atoms in total. The summed E-state index contributed by atoms with van der Waals surface area (Å²) < 4.78 is 16.8. The van der Waals surface area contributed by atoms with Gasteiger partial charge in [-0.3, -0.25) is 14.4 Å². The standard InChI is InChI=1S/C64H104O6/c1-4-7-10-13-16-19-22-25-28-30-31-32-33-35-36-39-42-45-48-51-54-57-63(66)69-60-61(59-68-62(65)56-53-50-47-44-41-38-27-24-21-18-15-12-9-6-3)70-64(67)58-55-52-49-46-43-40-37-34-29-26-23-20-17-14-11-8-5-2/h7-8,10-11,16-17,19-20,24-29,31-32,35-37,40,61H,4-6,9,12-15,18,21-23,30,33-34,38-39,41-60H2,1-3H3/b10-7-,11-8-,19-16-,20-17-,27-24-,28-25-,29-26-,32-31-,36-35-,40-37-. The molecule has 0 bridgehead atoms. The van der Waals surface area contributed by atoms with Crippen molar-refractivity contribution in [1.29, 1.82) is 0 Å². The molecule has 396 valence electrons. The zero-order valence-corrected chi connectivity index (χ0v) is 45.2. The Hall–Kier alpha value is -4.19. The molecule has 0 rings (SSSR count). The summed E-state index contributed by atoms with van der Waals surface area (Å²) in [7, 11) is 0. The van der Waals surface area contributed by atoms with Gasteiger partial charge in [0.2, 0.25) is 0 Å². The van der Waals surface area contributed by atoms with Crippen molar-refractivity contribution in [3.63, 3.8) is 0 Å². The summed E-state index contributed by atoms with van der Waals surface area (Å²) in [6.45, 7) is 6.35. The molecule has 70 heavy (non-hydrogen) atoms. The number of unbranched alkanes of at least 4 members (excludes halogenated alkanes) is 19. The topological polar surface area (TPSA) is 78.9 Å². The molecule has 0 aliphatic rings. The Morgan fingerprint density at radius 1 is 0.300 bits per heavy atom. The van der Waals surface area contributed by atoms with E-state index >= 15 is 0 Å². The third-order valence-electron chi connectivity index (χ3n) is 11.7. The maximum atomic E-state index is 12.9. The zero-order chi connectivity index (χ0) is 50.7. The third-order valence-corrected chi connectivity index (χ3v) is 11.7. The van der Waals surface area contributed by atoms with Crippen LogP contribution in [0, 0.1) is 0 Å². The van der Waals surface area contributed by atoms with E-state index in [-0.39, 0.29) is 37.5 Å². The molecule has 0 radical (unpaired) electrons. The van der Waals surface area contributed by atoms with E-state index in [1.165, 1.54) is 44.9 Å². The zero-order valence-electron chi connectivity index (χ0n) is 45.2. The summed E-state index contributed by atoms with van der Waals surface area (Å²) in [5, 5.41) is 0. The van der Waals surface area contributed by atoms with E-state index in [1.54, 1.807) is 0 Å². The molecule has 0 fully saturated rings. The lowest BCUT2D eigenvalue weighted by Crippen LogP contribution is -2.30. The number of carbonyl (C=O) groups is 3. The predicted molar refractivity (Wildman–Crippen MR) is 302 cm³/mol. The molecule has 0 aliphatic carbocycles. The minimum atomic E-state index is -0.807. The summed E-state index contributed by atoms with van der Waals surface area (Å²) in [5.74, 6) is -0.955. The minimum absolute atomic E-state index is 0.102. The maximum absolute atomic E-state index is 12.9. The Morgan fingerprint density at radius 3 is 0.886 bits per heavy atom. The van der Waals surface area contributed by atoms with Gasteiger partial charge in [-0.2, -0.15) is 0 Å². The summed E-state index contributed by atoms with van der Waals surface area (Å²) in [5.41, 5.74) is 0. The van der Waals surface area contributed by atoms with Crippen molar-refractivity contribution in [2.45, 2.75) is 252 Å². The van der Waals surface area contributed by atoms with Crippen LogP contribution in [-0.2, 0) is 28.6 Å². The molecule has 0 saturated carbocycles. The number of carbonyl (C=O) groups excluding carboxylic acids is 3. The summed E-state index contributed by atoms with van der Waals surface area (Å²) in [4.78, 5) is 38.2. The average Bonchev–Trinajstić information content (AvgIpc) is 3.36. The number of allylic oxidation sites excluding steroid dienone is 20. The molecule has 0 aromatic carbocycles. The van der Waals surface area contributed by atoms with Crippen molar-refractivity contribution in [1.82, 2.24) is 0 Å². The van der Waals surface area contributed by atoms with E-state index in [9.17, 15) is 14.4 Å². The Labute approximate surface area is 431 Å². The highest BCUT2D eigenvalue weighted by molar-refractivity contribution is 5.71. The van der Waals surface area contributed by atoms with Crippen LogP contribution >= 0.6 is 0 Å². The predicted octanol–water partition coefficient (Wildman–Crippen LogP) is 19.3. The summed E-state index contributed by atoms with van der Waals surface area (Å²) in [6.07, 6.45) is 78.9. The smallest absolute Gasteiger partial charge is 0.306 e. The highest BCUT2D eigenvalue weighted by Gasteiger charge is 2.19. The maximum Gasteiger partial charge on any atom is 0.306 e. The monoisotopic (exact) mass is 969 g/mol. The molecular weight excluding hydrogens is 865 g/mol. The Bertz CT molecular complexity index is 1490. The van der Waals surface area contributed by atoms with Crippen LogP contribution < -0.4 is 0 Å². The first-order valence-electron chi connectivity index (χ1n) is 28.5. The van der Waals surface area contributed by atoms with Gasteiger partial charge in [0.05, 0.1) is 0 Å². The fourth-order valence-electron chi connectivity index (χ4n) is 7.45. The van der Waals surface area contributed by atoms with Gasteiger partial charge in [-0.1, -0.05) is 219 Å². The van der Waals surface area contributed by atoms with Crippen LogP contribution in [0.4, 0.5) is 0 Å². The SMILES string of the molecule is CC/C=C\C/C=C\C/C=C\C/C=C\C/C=C\CCCCCCCC(=O)OCC(COC(=O)CCCCCCC/C=C\CCCCCCC)OC(=O)CCCCCC/C=C\C/C=C\C/C=C\C/C=C\CC. The second-order valence-electron chi connectivity index (χ2n) is 18.4. The Kier molecular flexibility index (Phi) is 54.0. The second kappa shape index (κ2) is 57.4. The molecule has 6 heteroatoms. The number of esters is 3. The fraction of sp³-hybridized carbons (Fsp3) is 0.641. The Balaban J connectivity index is 4.48. The van der Waals surface area contributed by atoms with Crippen molar-refractivity contribution in [3.05, 3.63) is 122 Å². The molecule has 0 aromatic heterocycles. The van der Waals surface area contributed by atoms with Gasteiger partial charge in [0.1, 0.15) is 13.2 Å². The largest absolute Gasteiger partial charge is 0.462 e. The van der Waals surface area contributed by atoms with E-state index in [1.807, 2.05) is 0 Å². The lowest BCUT2D eigenvalue weighted by molar-refractivity contribution is -0.167. The van der Waals surface area contributed by atoms with E-state index < -0.39 is 6.10 Å². The number of rotatable bonds is 50. The van der Waals surface area contributed by atoms with E-state index in [0.717, 1.165) is 161 Å². The van der Waals surface area contributed by atoms with Crippen LogP contribution in [0.3, 0.4) is 0 Å². The Morgan fingerprint density at radius 2 is 0.557 bits per heavy atom. The minimum Gasteiger partial charge on any atom is -0.462 e. The molecule has 0 spiro atoms. The van der Waals surface area contributed by atoms with Gasteiger partial charge in [-0.25, -0.2) is 0 Å². The van der Waals surface area contributed by atoms with Crippen molar-refractivity contribution in [2.24, 2.45) is 0 Å². The average molecular weight is 970 g/mol. The van der Waals surface area contributed by atoms with Crippen molar-refractivity contribution >= 4 is 17.9 Å². The molecule has 0 saturated heterocycles. The van der Waals surface area contributed by atoms with Crippen molar-refractivity contribution < 1.29 is 28.6 Å². The highest BCUT2D eigenvalue weighted by Crippen LogP contribution is 2.13. The van der Waals surface area contributed by atoms with Gasteiger partial charge in [0, 0.05) is 19.3 Å². The van der Waals surface area contributed by atoms with Crippen molar-refractivity contribution in [2.75, 3.05) is 13.2 Å². The van der Waals surface area contributed by atoms with Crippen LogP contribution in [0.1, 0.15) is 245 Å². The van der Waals surface area contributed by atoms with Crippen LogP contribution in [0.5, 0.6) is 0 Å². The lowest BCUT2D eigenvalue weighted by atomic mass is 10.1. The first-order valence-corrected chi connectivity index (χ1v) is 28.5. The second-order valence-corrected chi connectivity index (χ2v) is 18.4. The molecule has 0 amide bonds. The quantitative estimate of drug-likeness (QED) is 0.0262. The number of hydrogen-bond acceptors (Lipinski definition) is 6. The first-order chi connectivity index (χ1) is 34.5. The van der Waals surface area contributed by atoms with E-state index in [0.29, 0.717) is 12.8 Å². The molecular formula is C64H104O6. The fourth-order valence-corrected chi connectivity index (χ4v) is 7.45.